The van der Waals surface area contributed by atoms with Gasteiger partial charge in [0.05, 0.1) is 11.0 Å². The average molecular weight is 551 g/mol. The maximum Gasteiger partial charge on any atom is 0.0547 e. The van der Waals surface area contributed by atoms with Crippen molar-refractivity contribution in [2.24, 2.45) is 0 Å². The van der Waals surface area contributed by atoms with Crippen LogP contribution in [0.25, 0.3) is 60.5 Å². The first kappa shape index (κ1) is 25.1. The molecule has 0 radical (unpaired) electrons. The first-order chi connectivity index (χ1) is 21.2. The Morgan fingerprint density at radius 2 is 1.02 bits per heavy atom. The number of aromatic nitrogens is 1. The maximum absolute atomic E-state index is 2.42. The monoisotopic (exact) mass is 550 g/mol. The lowest BCUT2D eigenvalue weighted by Gasteiger charge is -2.19. The minimum absolute atomic E-state index is 1.16. The molecule has 0 saturated carbocycles. The van der Waals surface area contributed by atoms with E-state index in [1.165, 1.54) is 60.5 Å². The second-order valence-corrected chi connectivity index (χ2v) is 11.1. The standard InChI is InChI=1S/C41H30N2/c1-42(34-15-6-3-7-16-34)35-23-21-31(22-24-35)37-17-10-18-39-41(37)38-27-32-13-8-9-14-33(32)28-40(38)43(39)36-25-19-30(20-26-36)29-11-4-2-5-12-29/h2-28H,1H3. The van der Waals surface area contributed by atoms with Crippen molar-refractivity contribution in [1.82, 2.24) is 4.57 Å². The fourth-order valence-electron chi connectivity index (χ4n) is 6.37. The fraction of sp³-hybridized carbons (Fsp3) is 0.0244. The van der Waals surface area contributed by atoms with E-state index < -0.39 is 0 Å². The van der Waals surface area contributed by atoms with Crippen molar-refractivity contribution in [1.29, 1.82) is 0 Å². The highest BCUT2D eigenvalue weighted by molar-refractivity contribution is 6.18. The van der Waals surface area contributed by atoms with E-state index in [0.29, 0.717) is 0 Å². The molecular weight excluding hydrogens is 520 g/mol. The summed E-state index contributed by atoms with van der Waals surface area (Å²) in [6.07, 6.45) is 0. The second-order valence-electron chi connectivity index (χ2n) is 11.1. The molecule has 0 aliphatic rings. The SMILES string of the molecule is CN(c1ccccc1)c1ccc(-c2cccc3c2c2cc4ccccc4cc2n3-c2ccc(-c3ccccc3)cc2)cc1. The van der Waals surface area contributed by atoms with Crippen LogP contribution in [-0.4, -0.2) is 11.6 Å². The topological polar surface area (TPSA) is 8.17 Å². The lowest BCUT2D eigenvalue weighted by atomic mass is 9.98. The first-order valence-corrected chi connectivity index (χ1v) is 14.8. The third-order valence-corrected chi connectivity index (χ3v) is 8.60. The molecule has 1 heterocycles. The molecule has 2 nitrogen and oxygen atoms in total. The highest BCUT2D eigenvalue weighted by Gasteiger charge is 2.17. The van der Waals surface area contributed by atoms with Gasteiger partial charge in [0.2, 0.25) is 0 Å². The summed E-state index contributed by atoms with van der Waals surface area (Å²) in [4.78, 5) is 2.22. The number of anilines is 2. The number of rotatable bonds is 5. The maximum atomic E-state index is 2.42. The van der Waals surface area contributed by atoms with Crippen LogP contribution in [0.15, 0.2) is 164 Å². The molecule has 0 N–H and O–H groups in total. The number of hydrogen-bond acceptors (Lipinski definition) is 1. The van der Waals surface area contributed by atoms with Crippen LogP contribution in [-0.2, 0) is 0 Å². The summed E-state index contributed by atoms with van der Waals surface area (Å²) >= 11 is 0. The molecule has 0 atom stereocenters. The quantitative estimate of drug-likeness (QED) is 0.207. The molecule has 43 heavy (non-hydrogen) atoms. The molecule has 0 saturated heterocycles. The molecule has 8 aromatic rings. The van der Waals surface area contributed by atoms with Gasteiger partial charge in [0.25, 0.3) is 0 Å². The van der Waals surface area contributed by atoms with Gasteiger partial charge in [-0.1, -0.05) is 109 Å². The largest absolute Gasteiger partial charge is 0.345 e. The number of fused-ring (bicyclic) bond motifs is 4. The predicted molar refractivity (Wildman–Crippen MR) is 184 cm³/mol. The van der Waals surface area contributed by atoms with E-state index in [1.54, 1.807) is 0 Å². The van der Waals surface area contributed by atoms with Crippen LogP contribution in [0.5, 0.6) is 0 Å². The van der Waals surface area contributed by atoms with Gasteiger partial charge in [-0.15, -0.1) is 0 Å². The Labute approximate surface area is 251 Å². The Hall–Kier alpha value is -5.60. The zero-order valence-corrected chi connectivity index (χ0v) is 24.0. The van der Waals surface area contributed by atoms with Gasteiger partial charge in [0.1, 0.15) is 0 Å². The van der Waals surface area contributed by atoms with Crippen molar-refractivity contribution < 1.29 is 0 Å². The van der Waals surface area contributed by atoms with Gasteiger partial charge in [-0.2, -0.15) is 0 Å². The minimum Gasteiger partial charge on any atom is -0.345 e. The Morgan fingerprint density at radius 3 is 1.74 bits per heavy atom. The van der Waals surface area contributed by atoms with E-state index in [2.05, 4.69) is 180 Å². The lowest BCUT2D eigenvalue weighted by molar-refractivity contribution is 1.18. The number of nitrogens with zero attached hydrogens (tertiary/aromatic N) is 2. The molecule has 0 amide bonds. The normalized spacial score (nSPS) is 11.4. The van der Waals surface area contributed by atoms with Crippen LogP contribution in [0.4, 0.5) is 11.4 Å². The molecule has 0 unspecified atom stereocenters. The molecule has 0 spiro atoms. The summed E-state index contributed by atoms with van der Waals surface area (Å²) in [5.74, 6) is 0. The molecule has 204 valence electrons. The third-order valence-electron chi connectivity index (χ3n) is 8.60. The molecule has 0 aliphatic carbocycles. The Morgan fingerprint density at radius 1 is 0.442 bits per heavy atom. The molecular formula is C41H30N2. The summed E-state index contributed by atoms with van der Waals surface area (Å²) in [7, 11) is 2.12. The van der Waals surface area contributed by atoms with Crippen molar-refractivity contribution in [3.63, 3.8) is 0 Å². The third kappa shape index (κ3) is 4.36. The molecule has 0 aliphatic heterocycles. The highest BCUT2D eigenvalue weighted by atomic mass is 15.1. The van der Waals surface area contributed by atoms with Gasteiger partial charge in [-0.05, 0) is 87.6 Å². The molecule has 2 heteroatoms. The molecule has 1 aromatic heterocycles. The number of para-hydroxylation sites is 1. The molecule has 0 fully saturated rings. The summed E-state index contributed by atoms with van der Waals surface area (Å²) in [5, 5.41) is 5.04. The van der Waals surface area contributed by atoms with E-state index in [0.717, 1.165) is 11.4 Å². The van der Waals surface area contributed by atoms with Crippen LogP contribution in [0.1, 0.15) is 0 Å². The van der Waals surface area contributed by atoms with Gasteiger partial charge in [0.15, 0.2) is 0 Å². The summed E-state index contributed by atoms with van der Waals surface area (Å²) in [6.45, 7) is 0. The van der Waals surface area contributed by atoms with Crippen molar-refractivity contribution in [2.45, 2.75) is 0 Å². The first-order valence-electron chi connectivity index (χ1n) is 14.8. The fourth-order valence-corrected chi connectivity index (χ4v) is 6.37. The van der Waals surface area contributed by atoms with E-state index in [-0.39, 0.29) is 0 Å². The van der Waals surface area contributed by atoms with E-state index in [9.17, 15) is 0 Å². The Bertz CT molecular complexity index is 2210. The van der Waals surface area contributed by atoms with Crippen LogP contribution >= 0.6 is 0 Å². The minimum atomic E-state index is 1.16. The predicted octanol–water partition coefficient (Wildman–Crippen LogP) is 11.0. The Balaban J connectivity index is 1.31. The van der Waals surface area contributed by atoms with Crippen LogP contribution < -0.4 is 4.90 Å². The number of benzene rings is 7. The van der Waals surface area contributed by atoms with Crippen LogP contribution in [0.3, 0.4) is 0 Å². The van der Waals surface area contributed by atoms with Crippen molar-refractivity contribution in [2.75, 3.05) is 11.9 Å². The zero-order chi connectivity index (χ0) is 28.8. The second kappa shape index (κ2) is 10.3. The zero-order valence-electron chi connectivity index (χ0n) is 24.0. The van der Waals surface area contributed by atoms with Crippen LogP contribution in [0.2, 0.25) is 0 Å². The summed E-state index contributed by atoms with van der Waals surface area (Å²) in [6, 6.07) is 59.0. The van der Waals surface area contributed by atoms with E-state index in [4.69, 9.17) is 0 Å². The summed E-state index contributed by atoms with van der Waals surface area (Å²) < 4.78 is 2.42. The van der Waals surface area contributed by atoms with E-state index >= 15 is 0 Å². The average Bonchev–Trinajstić information content (AvgIpc) is 3.41. The van der Waals surface area contributed by atoms with Gasteiger partial charge < -0.3 is 9.47 Å². The highest BCUT2D eigenvalue weighted by Crippen LogP contribution is 2.41. The van der Waals surface area contributed by atoms with Crippen LogP contribution in [0, 0.1) is 0 Å². The lowest BCUT2D eigenvalue weighted by Crippen LogP contribution is -2.08. The smallest absolute Gasteiger partial charge is 0.0547 e. The summed E-state index contributed by atoms with van der Waals surface area (Å²) in [5.41, 5.74) is 10.8. The van der Waals surface area contributed by atoms with Crippen molar-refractivity contribution in [3.05, 3.63) is 164 Å². The molecule has 0 bridgehead atoms. The molecule has 7 aromatic carbocycles. The van der Waals surface area contributed by atoms with Gasteiger partial charge in [-0.3, -0.25) is 0 Å². The van der Waals surface area contributed by atoms with E-state index in [1.807, 2.05) is 0 Å². The Kier molecular flexibility index (Phi) is 6.05. The van der Waals surface area contributed by atoms with Crippen molar-refractivity contribution >= 4 is 44.0 Å². The van der Waals surface area contributed by atoms with Gasteiger partial charge in [-0.25, -0.2) is 0 Å². The molecule has 8 rings (SSSR count). The van der Waals surface area contributed by atoms with Gasteiger partial charge >= 0.3 is 0 Å². The van der Waals surface area contributed by atoms with Gasteiger partial charge in [0, 0.05) is 34.9 Å². The van der Waals surface area contributed by atoms with Crippen molar-refractivity contribution in [3.8, 4) is 27.9 Å². The number of hydrogen-bond donors (Lipinski definition) is 0.